The third-order valence-corrected chi connectivity index (χ3v) is 3.28. The van der Waals surface area contributed by atoms with Gasteiger partial charge in [0.2, 0.25) is 0 Å². The maximum atomic E-state index is 4.61. The van der Waals surface area contributed by atoms with Crippen molar-refractivity contribution in [2.45, 2.75) is 17.7 Å². The van der Waals surface area contributed by atoms with Gasteiger partial charge in [-0.1, -0.05) is 49.4 Å². The first kappa shape index (κ1) is 10.3. The third kappa shape index (κ3) is 1.80. The molecule has 0 aliphatic heterocycles. The molecule has 0 fully saturated rings. The van der Waals surface area contributed by atoms with Gasteiger partial charge in [0.05, 0.1) is 0 Å². The summed E-state index contributed by atoms with van der Waals surface area (Å²) in [5, 5.41) is 2.45. The Morgan fingerprint density at radius 2 is 1.93 bits per heavy atom. The summed E-state index contributed by atoms with van der Waals surface area (Å²) in [5.74, 6) is 0.349. The summed E-state index contributed by atoms with van der Waals surface area (Å²) in [6, 6.07) is 12.6. The van der Waals surface area contributed by atoms with Crippen LogP contribution in [0.25, 0.3) is 10.8 Å². The van der Waals surface area contributed by atoms with Gasteiger partial charge in [-0.25, -0.2) is 0 Å². The minimum Gasteiger partial charge on any atom is -0.142 e. The van der Waals surface area contributed by atoms with E-state index in [1.165, 1.54) is 16.3 Å². The quantitative estimate of drug-likeness (QED) is 0.555. The molecule has 0 nitrogen and oxygen atoms in total. The fraction of sp³-hybridized carbons (Fsp3) is 0.143. The van der Waals surface area contributed by atoms with Crippen LogP contribution in [0.4, 0.5) is 0 Å². The molecule has 0 spiro atoms. The zero-order chi connectivity index (χ0) is 10.8. The summed E-state index contributed by atoms with van der Waals surface area (Å²) in [6.07, 6.45) is 1.95. The van der Waals surface area contributed by atoms with Crippen molar-refractivity contribution in [1.29, 1.82) is 0 Å². The van der Waals surface area contributed by atoms with Crippen LogP contribution in [0.1, 0.15) is 18.4 Å². The van der Waals surface area contributed by atoms with Crippen molar-refractivity contribution in [3.63, 3.8) is 0 Å². The average Bonchev–Trinajstić information content (AvgIpc) is 2.29. The lowest BCUT2D eigenvalue weighted by atomic mass is 9.98. The van der Waals surface area contributed by atoms with Crippen molar-refractivity contribution in [3.8, 4) is 0 Å². The molecule has 1 unspecified atom stereocenters. The standard InChI is InChI=1S/C14H14S/c1-3-10(2)12-9-8-11-6-4-5-7-13(11)14(12)15/h3-10,15H,1H2,2H3. The van der Waals surface area contributed by atoms with E-state index in [4.69, 9.17) is 0 Å². The predicted molar refractivity (Wildman–Crippen MR) is 69.8 cm³/mol. The van der Waals surface area contributed by atoms with Gasteiger partial charge in [0.25, 0.3) is 0 Å². The van der Waals surface area contributed by atoms with Crippen LogP contribution in [0.2, 0.25) is 0 Å². The molecule has 1 heteroatoms. The Morgan fingerprint density at radius 1 is 1.20 bits per heavy atom. The zero-order valence-corrected chi connectivity index (χ0v) is 9.67. The maximum absolute atomic E-state index is 4.61. The fourth-order valence-corrected chi connectivity index (χ4v) is 2.25. The van der Waals surface area contributed by atoms with E-state index in [0.29, 0.717) is 5.92 Å². The molecule has 2 rings (SSSR count). The fourth-order valence-electron chi connectivity index (χ4n) is 1.77. The van der Waals surface area contributed by atoms with E-state index in [0.717, 1.165) is 4.90 Å². The second-order valence-corrected chi connectivity index (χ2v) is 4.20. The molecule has 2 aromatic carbocycles. The van der Waals surface area contributed by atoms with E-state index in [9.17, 15) is 0 Å². The number of hydrogen-bond acceptors (Lipinski definition) is 1. The summed E-state index contributed by atoms with van der Waals surface area (Å²) >= 11 is 4.61. The average molecular weight is 214 g/mol. The van der Waals surface area contributed by atoms with Crippen LogP contribution in [-0.2, 0) is 0 Å². The highest BCUT2D eigenvalue weighted by Gasteiger charge is 2.07. The Balaban J connectivity index is 2.70. The number of fused-ring (bicyclic) bond motifs is 1. The molecule has 0 N–H and O–H groups in total. The minimum absolute atomic E-state index is 0.349. The largest absolute Gasteiger partial charge is 0.142 e. The second kappa shape index (κ2) is 4.11. The molecule has 0 aromatic heterocycles. The molecule has 0 bridgehead atoms. The van der Waals surface area contributed by atoms with Crippen molar-refractivity contribution >= 4 is 23.4 Å². The van der Waals surface area contributed by atoms with Crippen molar-refractivity contribution in [2.75, 3.05) is 0 Å². The van der Waals surface area contributed by atoms with Gasteiger partial charge < -0.3 is 0 Å². The molecular formula is C14H14S. The van der Waals surface area contributed by atoms with Gasteiger partial charge >= 0.3 is 0 Å². The minimum atomic E-state index is 0.349. The number of hydrogen-bond donors (Lipinski definition) is 1. The zero-order valence-electron chi connectivity index (χ0n) is 8.77. The van der Waals surface area contributed by atoms with Crippen molar-refractivity contribution < 1.29 is 0 Å². The van der Waals surface area contributed by atoms with E-state index in [-0.39, 0.29) is 0 Å². The monoisotopic (exact) mass is 214 g/mol. The van der Waals surface area contributed by atoms with Crippen LogP contribution in [0, 0.1) is 0 Å². The molecule has 0 heterocycles. The van der Waals surface area contributed by atoms with E-state index in [2.05, 4.69) is 50.4 Å². The maximum Gasteiger partial charge on any atom is 0.0157 e. The highest BCUT2D eigenvalue weighted by molar-refractivity contribution is 7.80. The molecule has 0 saturated heterocycles. The Bertz CT molecular complexity index is 500. The molecule has 15 heavy (non-hydrogen) atoms. The molecule has 0 aliphatic rings. The number of benzene rings is 2. The first-order chi connectivity index (χ1) is 7.24. The molecule has 1 atom stereocenters. The summed E-state index contributed by atoms with van der Waals surface area (Å²) in [4.78, 5) is 1.07. The number of allylic oxidation sites excluding steroid dienone is 1. The van der Waals surface area contributed by atoms with Crippen molar-refractivity contribution in [3.05, 3.63) is 54.6 Å². The first-order valence-electron chi connectivity index (χ1n) is 5.07. The lowest BCUT2D eigenvalue weighted by Gasteiger charge is -2.12. The van der Waals surface area contributed by atoms with Gasteiger partial charge in [-0.05, 0) is 22.3 Å². The summed E-state index contributed by atoms with van der Waals surface area (Å²) in [5.41, 5.74) is 1.24. The molecule has 2 aromatic rings. The number of thiol groups is 1. The topological polar surface area (TPSA) is 0 Å². The van der Waals surface area contributed by atoms with Crippen molar-refractivity contribution in [1.82, 2.24) is 0 Å². The molecule has 0 saturated carbocycles. The normalized spacial score (nSPS) is 12.7. The van der Waals surface area contributed by atoms with Crippen LogP contribution < -0.4 is 0 Å². The van der Waals surface area contributed by atoms with Gasteiger partial charge in [0.15, 0.2) is 0 Å². The number of rotatable bonds is 2. The SMILES string of the molecule is C=CC(C)c1ccc2ccccc2c1S. The molecule has 0 aliphatic carbocycles. The lowest BCUT2D eigenvalue weighted by Crippen LogP contribution is -1.91. The van der Waals surface area contributed by atoms with Gasteiger partial charge in [0.1, 0.15) is 0 Å². The summed E-state index contributed by atoms with van der Waals surface area (Å²) in [7, 11) is 0. The van der Waals surface area contributed by atoms with Gasteiger partial charge in [-0.15, -0.1) is 19.2 Å². The molecule has 0 radical (unpaired) electrons. The highest BCUT2D eigenvalue weighted by atomic mass is 32.1. The lowest BCUT2D eigenvalue weighted by molar-refractivity contribution is 0.945. The molecule has 76 valence electrons. The van der Waals surface area contributed by atoms with Crippen LogP contribution >= 0.6 is 12.6 Å². The Hall–Kier alpha value is -1.21. The molecular weight excluding hydrogens is 200 g/mol. The second-order valence-electron chi connectivity index (χ2n) is 3.75. The smallest absolute Gasteiger partial charge is 0.0157 e. The Kier molecular flexibility index (Phi) is 2.83. The van der Waals surface area contributed by atoms with Crippen LogP contribution in [0.3, 0.4) is 0 Å². The Labute approximate surface area is 96.0 Å². The van der Waals surface area contributed by atoms with Crippen LogP contribution in [-0.4, -0.2) is 0 Å². The molecule has 0 amide bonds. The van der Waals surface area contributed by atoms with Crippen molar-refractivity contribution in [2.24, 2.45) is 0 Å². The predicted octanol–water partition coefficient (Wildman–Crippen LogP) is 4.42. The van der Waals surface area contributed by atoms with Gasteiger partial charge in [-0.3, -0.25) is 0 Å². The highest BCUT2D eigenvalue weighted by Crippen LogP contribution is 2.30. The third-order valence-electron chi connectivity index (χ3n) is 2.78. The van der Waals surface area contributed by atoms with Gasteiger partial charge in [-0.2, -0.15) is 0 Å². The van der Waals surface area contributed by atoms with Crippen LogP contribution in [0.5, 0.6) is 0 Å². The van der Waals surface area contributed by atoms with E-state index < -0.39 is 0 Å². The summed E-state index contributed by atoms with van der Waals surface area (Å²) < 4.78 is 0. The van der Waals surface area contributed by atoms with E-state index in [1.807, 2.05) is 18.2 Å². The van der Waals surface area contributed by atoms with Gasteiger partial charge in [0, 0.05) is 4.90 Å². The van der Waals surface area contributed by atoms with E-state index in [1.54, 1.807) is 0 Å². The first-order valence-corrected chi connectivity index (χ1v) is 5.52. The van der Waals surface area contributed by atoms with E-state index >= 15 is 0 Å². The summed E-state index contributed by atoms with van der Waals surface area (Å²) in [6.45, 7) is 5.96. The van der Waals surface area contributed by atoms with Crippen LogP contribution in [0.15, 0.2) is 53.9 Å². The Morgan fingerprint density at radius 3 is 2.67 bits per heavy atom.